The molecule has 0 saturated carbocycles. The van der Waals surface area contributed by atoms with E-state index in [1.807, 2.05) is 30.3 Å². The fraction of sp³-hybridized carbons (Fsp3) is 0.694. The third kappa shape index (κ3) is 24.1. The number of nitrogens with zero attached hydrogens (tertiary/aromatic N) is 6. The zero-order chi connectivity index (χ0) is 76.1. The van der Waals surface area contributed by atoms with Gasteiger partial charge in [-0.1, -0.05) is 108 Å². The molecule has 0 aliphatic carbocycles. The number of carbonyl (C=O) groups excluding carboxylic acids is 10. The van der Waals surface area contributed by atoms with Crippen LogP contribution in [-0.4, -0.2) is 287 Å². The van der Waals surface area contributed by atoms with Gasteiger partial charge in [-0.3, -0.25) is 34.4 Å². The van der Waals surface area contributed by atoms with Gasteiger partial charge in [0.05, 0.1) is 75.9 Å². The number of fused-ring (bicyclic) bond motifs is 3. The number of hydrogen-bond donors (Lipinski definition) is 5. The molecule has 8 aliphatic heterocycles. The predicted molar refractivity (Wildman–Crippen MR) is 395 cm³/mol. The van der Waals surface area contributed by atoms with E-state index >= 15 is 0 Å². The molecular weight excluding hydrogens is 1530 g/mol. The number of ether oxygens (including phenoxy) is 7. The van der Waals surface area contributed by atoms with E-state index in [0.29, 0.717) is 65.1 Å². The molecule has 0 bridgehead atoms. The van der Waals surface area contributed by atoms with Crippen LogP contribution in [0.5, 0.6) is 0 Å². The van der Waals surface area contributed by atoms with Crippen LogP contribution in [0.4, 0.5) is 0 Å². The third-order valence-electron chi connectivity index (χ3n) is 18.8. The molecule has 0 spiro atoms. The van der Waals surface area contributed by atoms with Gasteiger partial charge in [0, 0.05) is 76.1 Å². The van der Waals surface area contributed by atoms with Crippen LogP contribution >= 0.6 is 47.8 Å². The second-order valence-corrected chi connectivity index (χ2v) is 27.5. The van der Waals surface area contributed by atoms with Crippen molar-refractivity contribution in [3.05, 3.63) is 71.8 Å². The van der Waals surface area contributed by atoms with Crippen LogP contribution in [0.25, 0.3) is 0 Å². The van der Waals surface area contributed by atoms with Crippen molar-refractivity contribution in [1.29, 1.82) is 0 Å². The van der Waals surface area contributed by atoms with E-state index in [-0.39, 0.29) is 93.3 Å². The molecule has 8 fully saturated rings. The fourth-order valence-electron chi connectivity index (χ4n) is 13.8. The highest BCUT2D eigenvalue weighted by molar-refractivity contribution is 9.10. The summed E-state index contributed by atoms with van der Waals surface area (Å²) in [6.07, 6.45) is 9.02. The second kappa shape index (κ2) is 46.4. The van der Waals surface area contributed by atoms with Crippen LogP contribution in [0.1, 0.15) is 130 Å². The first-order valence-corrected chi connectivity index (χ1v) is 39.4. The van der Waals surface area contributed by atoms with E-state index < -0.39 is 64.4 Å². The molecule has 3 atom stereocenters. The quantitative estimate of drug-likeness (QED) is 0.0445. The lowest BCUT2D eigenvalue weighted by atomic mass is 9.91. The Morgan fingerprint density at radius 3 is 1.50 bits per heavy atom. The summed E-state index contributed by atoms with van der Waals surface area (Å²) in [6, 6.07) is 18.8. The number of benzene rings is 2. The lowest BCUT2D eigenvalue weighted by Gasteiger charge is -2.46. The summed E-state index contributed by atoms with van der Waals surface area (Å²) in [5.74, 6) is -5.41. The molecule has 0 radical (unpaired) electrons. The van der Waals surface area contributed by atoms with Gasteiger partial charge in [0.25, 0.3) is 5.91 Å². The number of amides is 3. The standard InChI is InChI=1S/C17H20N2O4.C15H22N2O.C12H18BrNO5.C10H17NO4.C8H16N2O.C7H13NO4.C3H6Br2/c1-2-23-16(22)17-9-6-10-19(17)14(20)12-18(15(17)21)11-13-7-4-3-5-8-13;18-13-15-7-4-8-17(15)10-9-16(12-15)11-14-5-2-1-3-6-14;1-3-18-10(16)12(11(17)19-4-2)6-5-7-14(12)9(15)8-13;1-3-14-8(12)10(6-5-7-11-10)9(13)15-4-2;11-7-8-2-1-4-10(8)5-3-9-6-8;1-3-11-6(9)5(8)7(10)12-4-2;4-2-1-3-5/h3-5,7-8H,2,6,9-12H2,1H3;1-3,5-6,18H,4,7-13H2;3-8H2,1-2H3;11H,3-7H2,1-2H3;9,11H,1-7H2;5H,3-4,8H2,1-2H3;1-3H2. The Hall–Kier alpha value is -5.74. The van der Waals surface area contributed by atoms with Gasteiger partial charge in [0.2, 0.25) is 34.5 Å². The minimum absolute atomic E-state index is 0.00881. The summed E-state index contributed by atoms with van der Waals surface area (Å²) in [5.41, 5.74) is 3.31. The van der Waals surface area contributed by atoms with E-state index in [1.54, 1.807) is 48.5 Å². The van der Waals surface area contributed by atoms with Crippen LogP contribution in [0.15, 0.2) is 60.7 Å². The largest absolute Gasteiger partial charge is 0.464 e. The van der Waals surface area contributed by atoms with Gasteiger partial charge in [-0.2, -0.15) is 0 Å². The van der Waals surface area contributed by atoms with Gasteiger partial charge < -0.3 is 69.1 Å². The summed E-state index contributed by atoms with van der Waals surface area (Å²) in [5, 5.41) is 27.5. The van der Waals surface area contributed by atoms with E-state index in [9.17, 15) is 58.2 Å². The molecule has 3 amide bonds. The summed E-state index contributed by atoms with van der Waals surface area (Å²) >= 11 is 9.62. The number of hydrogen-bond acceptors (Lipinski definition) is 25. The Kier molecular flexibility index (Phi) is 40.4. The van der Waals surface area contributed by atoms with Gasteiger partial charge in [-0.15, -0.1) is 0 Å². The Balaban J connectivity index is 0.000000262. The van der Waals surface area contributed by atoms with E-state index in [0.717, 1.165) is 81.3 Å². The molecule has 3 unspecified atom stereocenters. The molecule has 2 aromatic rings. The van der Waals surface area contributed by atoms with Gasteiger partial charge in [0.1, 0.15) is 6.54 Å². The van der Waals surface area contributed by atoms with E-state index in [1.165, 1.54) is 52.6 Å². The summed E-state index contributed by atoms with van der Waals surface area (Å²) in [6.45, 7) is 25.3. The minimum atomic E-state index is -1.61. The maximum atomic E-state index is 13.0. The highest BCUT2D eigenvalue weighted by atomic mass is 79.9. The fourth-order valence-corrected chi connectivity index (χ4v) is 15.4. The van der Waals surface area contributed by atoms with Gasteiger partial charge in [0.15, 0.2) is 0 Å². The van der Waals surface area contributed by atoms with Gasteiger partial charge in [-0.25, -0.2) is 33.6 Å². The average Bonchev–Trinajstić information content (AvgIpc) is 1.55. The first kappa shape index (κ1) is 89.7. The second-order valence-electron chi connectivity index (χ2n) is 25.4. The highest BCUT2D eigenvalue weighted by Gasteiger charge is 2.62. The first-order valence-electron chi connectivity index (χ1n) is 36.1. The summed E-state index contributed by atoms with van der Waals surface area (Å²) in [7, 11) is 0. The highest BCUT2D eigenvalue weighted by Crippen LogP contribution is 2.38. The lowest BCUT2D eigenvalue weighted by Crippen LogP contribution is -2.69. The first-order chi connectivity index (χ1) is 49.5. The smallest absolute Gasteiger partial charge is 0.343 e. The lowest BCUT2D eigenvalue weighted by molar-refractivity contribution is -0.177. The Bertz CT molecular complexity index is 2920. The topological polar surface area (TPSA) is 345 Å². The zero-order valence-corrected chi connectivity index (χ0v) is 66.0. The SMILES string of the molecule is BrCCCBr.CCOC(=O)C(N)C(=O)OCC.CCOC(=O)C1(C(=O)OCC)CCCN1.CCOC(=O)C1(C(=O)OCC)CCCN1C(=O)CBr.CCOC(=O)C12CCCN1C(=O)CN(Cc1ccccc1)C2=O.OCC12CCCN1CCN(Cc1ccccc1)C2.OCC12CCCN1CCNC2. The number of nitrogens with one attached hydrogen (secondary N) is 2. The van der Waals surface area contributed by atoms with Crippen molar-refractivity contribution < 1.29 is 91.3 Å². The van der Waals surface area contributed by atoms with Crippen LogP contribution in [0.2, 0.25) is 0 Å². The molecule has 8 saturated heterocycles. The molecule has 8 heterocycles. The Morgan fingerprint density at radius 2 is 1.02 bits per heavy atom. The molecule has 28 nitrogen and oxygen atoms in total. The Labute approximate surface area is 632 Å². The van der Waals surface area contributed by atoms with Crippen molar-refractivity contribution >= 4 is 107 Å². The Morgan fingerprint density at radius 1 is 0.534 bits per heavy atom. The van der Waals surface area contributed by atoms with Crippen molar-refractivity contribution in [2.24, 2.45) is 5.73 Å². The maximum Gasteiger partial charge on any atom is 0.343 e. The van der Waals surface area contributed by atoms with Crippen molar-refractivity contribution in [2.45, 2.75) is 166 Å². The maximum absolute atomic E-state index is 13.0. The number of rotatable bonds is 23. The van der Waals surface area contributed by atoms with Gasteiger partial charge in [-0.05, 0) is 150 Å². The summed E-state index contributed by atoms with van der Waals surface area (Å²) < 4.78 is 33.9. The molecule has 10 rings (SSSR count). The van der Waals surface area contributed by atoms with Crippen LogP contribution in [0.3, 0.4) is 0 Å². The molecule has 6 N–H and O–H groups in total. The minimum Gasteiger partial charge on any atom is -0.464 e. The van der Waals surface area contributed by atoms with E-state index in [2.05, 4.69) is 113 Å². The van der Waals surface area contributed by atoms with Crippen LogP contribution < -0.4 is 16.4 Å². The number of halogens is 3. The van der Waals surface area contributed by atoms with Crippen LogP contribution in [0, 0.1) is 0 Å². The number of nitrogens with two attached hydrogens (primary N) is 1. The normalized spacial score (nSPS) is 22.0. The van der Waals surface area contributed by atoms with Gasteiger partial charge >= 0.3 is 41.8 Å². The number of aliphatic hydroxyl groups excluding tert-OH is 2. The molecule has 2 aromatic carbocycles. The summed E-state index contributed by atoms with van der Waals surface area (Å²) in [4.78, 5) is 131. The monoisotopic (exact) mass is 1640 g/mol. The van der Waals surface area contributed by atoms with Crippen molar-refractivity contribution in [1.82, 2.24) is 40.0 Å². The number of esters is 7. The average molecular weight is 1650 g/mol. The predicted octanol–water partition coefficient (Wildman–Crippen LogP) is 4.41. The van der Waals surface area contributed by atoms with E-state index in [4.69, 9.17) is 29.4 Å². The third-order valence-corrected chi connectivity index (χ3v) is 20.4. The zero-order valence-electron chi connectivity index (χ0n) is 61.2. The molecule has 0 aromatic heterocycles. The molecular formula is C72H112Br3N9O19. The van der Waals surface area contributed by atoms with Crippen LogP contribution in [-0.2, 0) is 94.2 Å². The molecule has 8 aliphatic rings. The molecule has 31 heteroatoms. The number of alkyl halides is 3. The molecule has 580 valence electrons. The van der Waals surface area contributed by atoms with Crippen molar-refractivity contribution in [2.75, 3.05) is 154 Å². The van der Waals surface area contributed by atoms with Crippen molar-refractivity contribution in [3.8, 4) is 0 Å². The van der Waals surface area contributed by atoms with Crippen molar-refractivity contribution in [3.63, 3.8) is 0 Å². The number of carbonyl (C=O) groups is 10. The molecule has 103 heavy (non-hydrogen) atoms. The number of likely N-dealkylation sites (tertiary alicyclic amines) is 1. The number of aliphatic hydroxyl groups is 2. The number of piperazine rings is 3.